The number of carbonyl (C=O) groups is 1. The van der Waals surface area contributed by atoms with Crippen molar-refractivity contribution in [1.29, 1.82) is 0 Å². The Morgan fingerprint density at radius 2 is 2.00 bits per heavy atom. The van der Waals surface area contributed by atoms with Gasteiger partial charge in [-0.15, -0.1) is 0 Å². The first kappa shape index (κ1) is 16.7. The molecule has 126 valence electrons. The summed E-state index contributed by atoms with van der Waals surface area (Å²) in [4.78, 5) is 11.3. The van der Waals surface area contributed by atoms with Gasteiger partial charge in [0.2, 0.25) is 5.91 Å². The van der Waals surface area contributed by atoms with Crippen LogP contribution in [0.1, 0.15) is 30.0 Å². The molecule has 1 aliphatic carbocycles. The molecule has 24 heavy (non-hydrogen) atoms. The number of nitrogens with one attached hydrogen (secondary N) is 2. The number of halogens is 1. The van der Waals surface area contributed by atoms with Crippen LogP contribution >= 0.6 is 0 Å². The van der Waals surface area contributed by atoms with E-state index in [0.717, 1.165) is 43.5 Å². The average Bonchev–Trinajstić information content (AvgIpc) is 2.56. The highest BCUT2D eigenvalue weighted by Crippen LogP contribution is 2.28. The fraction of sp³-hybridized carbons (Fsp3) is 0.350. The Kier molecular flexibility index (Phi) is 5.26. The molecule has 1 amide bonds. The van der Waals surface area contributed by atoms with E-state index in [1.54, 1.807) is 6.92 Å². The number of hydrogen-bond acceptors (Lipinski definition) is 2. The van der Waals surface area contributed by atoms with Gasteiger partial charge in [0.1, 0.15) is 5.82 Å². The van der Waals surface area contributed by atoms with Crippen LogP contribution < -0.4 is 10.6 Å². The van der Waals surface area contributed by atoms with Crippen molar-refractivity contribution in [3.05, 3.63) is 65.0 Å². The molecule has 1 aliphatic rings. The SMILES string of the molecule is CC(=O)Nc1cccc2c1CCC(NCCc1ccc(F)cc1)C2. The van der Waals surface area contributed by atoms with Gasteiger partial charge in [-0.1, -0.05) is 24.3 Å². The highest BCUT2D eigenvalue weighted by Gasteiger charge is 2.20. The second-order valence-corrected chi connectivity index (χ2v) is 6.39. The fourth-order valence-corrected chi connectivity index (χ4v) is 3.36. The van der Waals surface area contributed by atoms with Crippen molar-refractivity contribution in [1.82, 2.24) is 5.32 Å². The summed E-state index contributed by atoms with van der Waals surface area (Å²) in [6.45, 7) is 2.43. The van der Waals surface area contributed by atoms with E-state index in [-0.39, 0.29) is 11.7 Å². The number of amides is 1. The quantitative estimate of drug-likeness (QED) is 0.883. The highest BCUT2D eigenvalue weighted by atomic mass is 19.1. The van der Waals surface area contributed by atoms with E-state index in [2.05, 4.69) is 16.7 Å². The maximum atomic E-state index is 12.9. The van der Waals surface area contributed by atoms with Crippen molar-refractivity contribution in [2.24, 2.45) is 0 Å². The number of benzene rings is 2. The van der Waals surface area contributed by atoms with Gasteiger partial charge < -0.3 is 10.6 Å². The lowest BCUT2D eigenvalue weighted by molar-refractivity contribution is -0.114. The van der Waals surface area contributed by atoms with E-state index in [4.69, 9.17) is 0 Å². The van der Waals surface area contributed by atoms with Gasteiger partial charge in [0, 0.05) is 18.7 Å². The van der Waals surface area contributed by atoms with Gasteiger partial charge >= 0.3 is 0 Å². The van der Waals surface area contributed by atoms with Gasteiger partial charge in [0.15, 0.2) is 0 Å². The van der Waals surface area contributed by atoms with Crippen LogP contribution in [0.3, 0.4) is 0 Å². The molecule has 0 heterocycles. The van der Waals surface area contributed by atoms with Gasteiger partial charge in [-0.05, 0) is 67.1 Å². The third-order valence-electron chi connectivity index (χ3n) is 4.55. The molecule has 2 aromatic carbocycles. The lowest BCUT2D eigenvalue weighted by atomic mass is 9.87. The summed E-state index contributed by atoms with van der Waals surface area (Å²) in [5.41, 5.74) is 4.67. The normalized spacial score (nSPS) is 16.5. The molecule has 0 aromatic heterocycles. The third-order valence-corrected chi connectivity index (χ3v) is 4.55. The molecule has 0 fully saturated rings. The molecular formula is C20H23FN2O. The van der Waals surface area contributed by atoms with Crippen molar-refractivity contribution in [3.8, 4) is 0 Å². The largest absolute Gasteiger partial charge is 0.326 e. The first-order valence-electron chi connectivity index (χ1n) is 8.48. The number of rotatable bonds is 5. The Bertz CT molecular complexity index is 712. The molecule has 0 spiro atoms. The zero-order valence-electron chi connectivity index (χ0n) is 13.9. The van der Waals surface area contributed by atoms with Crippen LogP contribution in [0.15, 0.2) is 42.5 Å². The van der Waals surface area contributed by atoms with Crippen LogP contribution in [0.4, 0.5) is 10.1 Å². The molecule has 0 bridgehead atoms. The van der Waals surface area contributed by atoms with Crippen molar-refractivity contribution < 1.29 is 9.18 Å². The average molecular weight is 326 g/mol. The number of hydrogen-bond donors (Lipinski definition) is 2. The van der Waals surface area contributed by atoms with E-state index < -0.39 is 0 Å². The molecule has 0 saturated heterocycles. The molecule has 3 rings (SSSR count). The molecule has 1 atom stereocenters. The van der Waals surface area contributed by atoms with E-state index >= 15 is 0 Å². The summed E-state index contributed by atoms with van der Waals surface area (Å²) >= 11 is 0. The van der Waals surface area contributed by atoms with Crippen LogP contribution in [0.5, 0.6) is 0 Å². The van der Waals surface area contributed by atoms with E-state index in [9.17, 15) is 9.18 Å². The first-order valence-corrected chi connectivity index (χ1v) is 8.48. The Labute approximate surface area is 142 Å². The molecule has 0 saturated carbocycles. The van der Waals surface area contributed by atoms with E-state index in [1.165, 1.54) is 23.3 Å². The lowest BCUT2D eigenvalue weighted by Gasteiger charge is -2.27. The van der Waals surface area contributed by atoms with Gasteiger partial charge in [0.25, 0.3) is 0 Å². The number of carbonyl (C=O) groups excluding carboxylic acids is 1. The summed E-state index contributed by atoms with van der Waals surface area (Å²) in [5, 5.41) is 6.53. The van der Waals surface area contributed by atoms with Crippen molar-refractivity contribution in [2.75, 3.05) is 11.9 Å². The topological polar surface area (TPSA) is 41.1 Å². The predicted molar refractivity (Wildman–Crippen MR) is 94.7 cm³/mol. The number of anilines is 1. The Morgan fingerprint density at radius 1 is 1.21 bits per heavy atom. The van der Waals surface area contributed by atoms with Crippen LogP contribution in [-0.2, 0) is 24.1 Å². The van der Waals surface area contributed by atoms with E-state index in [0.29, 0.717) is 6.04 Å². The van der Waals surface area contributed by atoms with Crippen molar-refractivity contribution >= 4 is 11.6 Å². The molecule has 0 aliphatic heterocycles. The minimum atomic E-state index is -0.189. The second-order valence-electron chi connectivity index (χ2n) is 6.39. The summed E-state index contributed by atoms with van der Waals surface area (Å²) in [6.07, 6.45) is 3.91. The smallest absolute Gasteiger partial charge is 0.221 e. The van der Waals surface area contributed by atoms with Crippen LogP contribution in [0, 0.1) is 5.82 Å². The Hall–Kier alpha value is -2.20. The van der Waals surface area contributed by atoms with Crippen molar-refractivity contribution in [3.63, 3.8) is 0 Å². The monoisotopic (exact) mass is 326 g/mol. The molecule has 4 heteroatoms. The molecule has 3 nitrogen and oxygen atoms in total. The highest BCUT2D eigenvalue weighted by molar-refractivity contribution is 5.89. The predicted octanol–water partition coefficient (Wildman–Crippen LogP) is 3.47. The minimum absolute atomic E-state index is 0.0250. The van der Waals surface area contributed by atoms with Gasteiger partial charge in [0.05, 0.1) is 0 Å². The molecule has 2 N–H and O–H groups in total. The Morgan fingerprint density at radius 3 is 2.75 bits per heavy atom. The summed E-state index contributed by atoms with van der Waals surface area (Å²) in [7, 11) is 0. The zero-order valence-corrected chi connectivity index (χ0v) is 13.9. The van der Waals surface area contributed by atoms with Crippen LogP contribution in [0.25, 0.3) is 0 Å². The Balaban J connectivity index is 1.55. The minimum Gasteiger partial charge on any atom is -0.326 e. The fourth-order valence-electron chi connectivity index (χ4n) is 3.36. The number of fused-ring (bicyclic) bond motifs is 1. The lowest BCUT2D eigenvalue weighted by Crippen LogP contribution is -2.36. The zero-order chi connectivity index (χ0) is 16.9. The molecule has 1 unspecified atom stereocenters. The second kappa shape index (κ2) is 7.58. The molecule has 2 aromatic rings. The maximum Gasteiger partial charge on any atom is 0.221 e. The van der Waals surface area contributed by atoms with Crippen LogP contribution in [-0.4, -0.2) is 18.5 Å². The van der Waals surface area contributed by atoms with E-state index in [1.807, 2.05) is 24.3 Å². The maximum absolute atomic E-state index is 12.9. The van der Waals surface area contributed by atoms with Crippen molar-refractivity contribution in [2.45, 2.75) is 38.6 Å². The van der Waals surface area contributed by atoms with Gasteiger partial charge in [-0.25, -0.2) is 4.39 Å². The third kappa shape index (κ3) is 4.20. The standard InChI is InChI=1S/C20H23FN2O/c1-14(24)23-20-4-2-3-16-13-18(9-10-19(16)20)22-12-11-15-5-7-17(21)8-6-15/h2-8,18,22H,9-13H2,1H3,(H,23,24). The summed E-state index contributed by atoms with van der Waals surface area (Å²) in [6, 6.07) is 13.3. The van der Waals surface area contributed by atoms with Gasteiger partial charge in [-0.2, -0.15) is 0 Å². The summed E-state index contributed by atoms with van der Waals surface area (Å²) in [5.74, 6) is -0.214. The van der Waals surface area contributed by atoms with Gasteiger partial charge in [-0.3, -0.25) is 4.79 Å². The molecule has 0 radical (unpaired) electrons. The molecular weight excluding hydrogens is 303 g/mol. The van der Waals surface area contributed by atoms with Crippen LogP contribution in [0.2, 0.25) is 0 Å². The summed E-state index contributed by atoms with van der Waals surface area (Å²) < 4.78 is 12.9. The first-order chi connectivity index (χ1) is 11.6.